The molecule has 0 aromatic heterocycles. The normalized spacial score (nSPS) is 14.1. The lowest BCUT2D eigenvalue weighted by molar-refractivity contribution is -0.131. The Bertz CT molecular complexity index is 797. The summed E-state index contributed by atoms with van der Waals surface area (Å²) in [7, 11) is 1.61. The number of rotatable bonds is 5. The number of hydrogen-bond donors (Lipinski definition) is 1. The molecule has 27 heavy (non-hydrogen) atoms. The molecular formula is C21H25N3O3. The van der Waals surface area contributed by atoms with E-state index in [2.05, 4.69) is 0 Å². The van der Waals surface area contributed by atoms with Crippen LogP contribution >= 0.6 is 0 Å². The number of carbonyl (C=O) groups is 2. The number of nitrogens with zero attached hydrogens (tertiary/aromatic N) is 2. The highest BCUT2D eigenvalue weighted by molar-refractivity contribution is 5.94. The second kappa shape index (κ2) is 8.68. The molecule has 2 amide bonds. The molecule has 6 heteroatoms. The first kappa shape index (κ1) is 18.9. The fraction of sp³-hybridized carbons (Fsp3) is 0.333. The Kier molecular flexibility index (Phi) is 6.08. The Morgan fingerprint density at radius 2 is 1.63 bits per heavy atom. The molecule has 0 atom stereocenters. The second-order valence-corrected chi connectivity index (χ2v) is 6.60. The largest absolute Gasteiger partial charge is 0.497 e. The van der Waals surface area contributed by atoms with E-state index in [1.807, 2.05) is 53.4 Å². The van der Waals surface area contributed by atoms with Crippen molar-refractivity contribution in [2.45, 2.75) is 13.0 Å². The van der Waals surface area contributed by atoms with Gasteiger partial charge in [-0.3, -0.25) is 9.59 Å². The van der Waals surface area contributed by atoms with Gasteiger partial charge in [0.2, 0.25) is 5.91 Å². The monoisotopic (exact) mass is 367 g/mol. The zero-order valence-electron chi connectivity index (χ0n) is 15.6. The third kappa shape index (κ3) is 4.65. The first-order chi connectivity index (χ1) is 13.1. The Hall–Kier alpha value is -2.86. The van der Waals surface area contributed by atoms with Crippen LogP contribution in [0.2, 0.25) is 0 Å². The quantitative estimate of drug-likeness (QED) is 0.872. The minimum atomic E-state index is -0.00142. The average Bonchev–Trinajstić information content (AvgIpc) is 2.73. The second-order valence-electron chi connectivity index (χ2n) is 6.60. The van der Waals surface area contributed by atoms with E-state index in [-0.39, 0.29) is 11.8 Å². The van der Waals surface area contributed by atoms with Crippen molar-refractivity contribution in [3.63, 3.8) is 0 Å². The molecule has 2 aromatic carbocycles. The molecule has 1 aliphatic heterocycles. The number of ether oxygens (including phenoxy) is 1. The fourth-order valence-electron chi connectivity index (χ4n) is 3.19. The summed E-state index contributed by atoms with van der Waals surface area (Å²) in [5.41, 5.74) is 8.18. The molecule has 1 fully saturated rings. The summed E-state index contributed by atoms with van der Waals surface area (Å²) >= 11 is 0. The number of nitrogens with two attached hydrogens (primary N) is 1. The van der Waals surface area contributed by atoms with Crippen LogP contribution < -0.4 is 10.5 Å². The summed E-state index contributed by atoms with van der Waals surface area (Å²) in [5, 5.41) is 0. The lowest BCUT2D eigenvalue weighted by Gasteiger charge is -2.35. The lowest BCUT2D eigenvalue weighted by Crippen LogP contribution is -2.51. The maximum atomic E-state index is 12.6. The van der Waals surface area contributed by atoms with Gasteiger partial charge in [-0.15, -0.1) is 0 Å². The zero-order valence-corrected chi connectivity index (χ0v) is 15.6. The minimum absolute atomic E-state index is 0.00142. The number of methoxy groups -OCH3 is 1. The number of benzene rings is 2. The summed E-state index contributed by atoms with van der Waals surface area (Å²) in [6.07, 6.45) is 0.339. The highest BCUT2D eigenvalue weighted by Crippen LogP contribution is 2.15. The maximum Gasteiger partial charge on any atom is 0.253 e. The van der Waals surface area contributed by atoms with Crippen molar-refractivity contribution in [3.8, 4) is 5.75 Å². The molecule has 1 heterocycles. The van der Waals surface area contributed by atoms with Crippen molar-refractivity contribution in [2.75, 3.05) is 33.3 Å². The van der Waals surface area contributed by atoms with Crippen molar-refractivity contribution in [3.05, 3.63) is 65.2 Å². The van der Waals surface area contributed by atoms with E-state index in [9.17, 15) is 9.59 Å². The molecule has 0 bridgehead atoms. The first-order valence-electron chi connectivity index (χ1n) is 9.09. The van der Waals surface area contributed by atoms with Crippen LogP contribution in [0.25, 0.3) is 0 Å². The average molecular weight is 367 g/mol. The van der Waals surface area contributed by atoms with Crippen molar-refractivity contribution in [1.82, 2.24) is 9.80 Å². The van der Waals surface area contributed by atoms with Gasteiger partial charge in [-0.2, -0.15) is 0 Å². The van der Waals surface area contributed by atoms with Crippen LogP contribution in [0.4, 0.5) is 0 Å². The van der Waals surface area contributed by atoms with Crippen LogP contribution in [0.1, 0.15) is 21.5 Å². The van der Waals surface area contributed by atoms with E-state index in [4.69, 9.17) is 10.5 Å². The van der Waals surface area contributed by atoms with E-state index >= 15 is 0 Å². The first-order valence-corrected chi connectivity index (χ1v) is 9.09. The van der Waals surface area contributed by atoms with E-state index in [1.165, 1.54) is 0 Å². The number of amides is 2. The molecule has 2 N–H and O–H groups in total. The van der Waals surface area contributed by atoms with Crippen molar-refractivity contribution < 1.29 is 14.3 Å². The highest BCUT2D eigenvalue weighted by atomic mass is 16.5. The molecule has 0 radical (unpaired) electrons. The predicted octanol–water partition coefficient (Wildman–Crippen LogP) is 1.68. The summed E-state index contributed by atoms with van der Waals surface area (Å²) in [6.45, 7) is 2.65. The van der Waals surface area contributed by atoms with Crippen LogP contribution in [-0.4, -0.2) is 54.9 Å². The molecule has 0 aliphatic carbocycles. The van der Waals surface area contributed by atoms with Crippen LogP contribution in [0, 0.1) is 0 Å². The highest BCUT2D eigenvalue weighted by Gasteiger charge is 2.24. The maximum absolute atomic E-state index is 12.6. The topological polar surface area (TPSA) is 75.9 Å². The molecular weight excluding hydrogens is 342 g/mol. The van der Waals surface area contributed by atoms with E-state index in [0.717, 1.165) is 16.9 Å². The van der Waals surface area contributed by atoms with Gasteiger partial charge in [0.1, 0.15) is 5.75 Å². The number of piperazine rings is 1. The number of hydrogen-bond acceptors (Lipinski definition) is 4. The van der Waals surface area contributed by atoms with Crippen LogP contribution in [0.15, 0.2) is 48.5 Å². The van der Waals surface area contributed by atoms with Crippen molar-refractivity contribution in [1.29, 1.82) is 0 Å². The Morgan fingerprint density at radius 3 is 2.26 bits per heavy atom. The number of carbonyl (C=O) groups excluding carboxylic acids is 2. The molecule has 0 spiro atoms. The van der Waals surface area contributed by atoms with E-state index in [0.29, 0.717) is 44.7 Å². The zero-order chi connectivity index (χ0) is 19.2. The molecule has 2 aromatic rings. The SMILES string of the molecule is COc1cccc(CC(=O)N2CCN(C(=O)c3ccc(CN)cc3)CC2)c1. The van der Waals surface area contributed by atoms with Crippen LogP contribution in [0.5, 0.6) is 5.75 Å². The van der Waals surface area contributed by atoms with Crippen molar-refractivity contribution >= 4 is 11.8 Å². The summed E-state index contributed by atoms with van der Waals surface area (Å²) in [6, 6.07) is 14.9. The Labute approximate surface area is 159 Å². The van der Waals surface area contributed by atoms with Crippen LogP contribution in [0.3, 0.4) is 0 Å². The molecule has 0 saturated carbocycles. The summed E-state index contributed by atoms with van der Waals surface area (Å²) < 4.78 is 5.20. The van der Waals surface area contributed by atoms with Gasteiger partial charge in [0.25, 0.3) is 5.91 Å². The van der Waals surface area contributed by atoms with Gasteiger partial charge >= 0.3 is 0 Å². The third-order valence-corrected chi connectivity index (χ3v) is 4.85. The van der Waals surface area contributed by atoms with Gasteiger partial charge in [-0.25, -0.2) is 0 Å². The molecule has 3 rings (SSSR count). The molecule has 1 saturated heterocycles. The predicted molar refractivity (Wildman–Crippen MR) is 104 cm³/mol. The minimum Gasteiger partial charge on any atom is -0.497 e. The molecule has 1 aliphatic rings. The van der Waals surface area contributed by atoms with Gasteiger partial charge in [0, 0.05) is 38.3 Å². The van der Waals surface area contributed by atoms with Gasteiger partial charge in [-0.05, 0) is 35.4 Å². The van der Waals surface area contributed by atoms with Gasteiger partial charge in [0.15, 0.2) is 0 Å². The van der Waals surface area contributed by atoms with Gasteiger partial charge < -0.3 is 20.3 Å². The standard InChI is InChI=1S/C21H25N3O3/c1-27-19-4-2-3-17(13-19)14-20(25)23-9-11-24(12-10-23)21(26)18-7-5-16(15-22)6-8-18/h2-8,13H,9-12,14-15,22H2,1H3. The molecule has 0 unspecified atom stereocenters. The van der Waals surface area contributed by atoms with Crippen LogP contribution in [-0.2, 0) is 17.8 Å². The Morgan fingerprint density at radius 1 is 0.963 bits per heavy atom. The smallest absolute Gasteiger partial charge is 0.253 e. The Balaban J connectivity index is 1.54. The van der Waals surface area contributed by atoms with Gasteiger partial charge in [-0.1, -0.05) is 24.3 Å². The molecule has 6 nitrogen and oxygen atoms in total. The fourth-order valence-corrected chi connectivity index (χ4v) is 3.19. The third-order valence-electron chi connectivity index (χ3n) is 4.85. The summed E-state index contributed by atoms with van der Waals surface area (Å²) in [5.74, 6) is 0.817. The van der Waals surface area contributed by atoms with E-state index < -0.39 is 0 Å². The van der Waals surface area contributed by atoms with Gasteiger partial charge in [0.05, 0.1) is 13.5 Å². The molecule has 142 valence electrons. The van der Waals surface area contributed by atoms with E-state index in [1.54, 1.807) is 12.0 Å². The lowest BCUT2D eigenvalue weighted by atomic mass is 10.1. The summed E-state index contributed by atoms with van der Waals surface area (Å²) in [4.78, 5) is 28.8. The van der Waals surface area contributed by atoms with Crippen molar-refractivity contribution in [2.24, 2.45) is 5.73 Å².